The normalized spacial score (nSPS) is 11.8. The van der Waals surface area contributed by atoms with Crippen LogP contribution in [0, 0.1) is 17.2 Å². The molecule has 0 saturated heterocycles. The minimum Gasteiger partial charge on any atom is -0.481 e. The van der Waals surface area contributed by atoms with Crippen LogP contribution in [0.1, 0.15) is 24.5 Å². The number of carboxylic acids is 1. The van der Waals surface area contributed by atoms with E-state index in [0.717, 1.165) is 5.56 Å². The van der Waals surface area contributed by atoms with Gasteiger partial charge in [0, 0.05) is 13.1 Å². The van der Waals surface area contributed by atoms with Gasteiger partial charge in [-0.05, 0) is 24.1 Å². The van der Waals surface area contributed by atoms with Crippen molar-refractivity contribution in [2.45, 2.75) is 19.9 Å². The second-order valence-corrected chi connectivity index (χ2v) is 3.88. The highest BCUT2D eigenvalue weighted by Crippen LogP contribution is 2.04. The van der Waals surface area contributed by atoms with Gasteiger partial charge in [-0.1, -0.05) is 19.1 Å². The van der Waals surface area contributed by atoms with Crippen LogP contribution in [0.2, 0.25) is 0 Å². The lowest BCUT2D eigenvalue weighted by molar-refractivity contribution is -0.141. The van der Waals surface area contributed by atoms with Gasteiger partial charge in [-0.2, -0.15) is 5.26 Å². The molecule has 0 aliphatic carbocycles. The van der Waals surface area contributed by atoms with Gasteiger partial charge in [0.15, 0.2) is 0 Å². The Hall–Kier alpha value is -1.86. The molecule has 0 heterocycles. The molecular weight excluding hydrogens is 216 g/mol. The zero-order valence-electron chi connectivity index (χ0n) is 9.81. The predicted octanol–water partition coefficient (Wildman–Crippen LogP) is 1.76. The van der Waals surface area contributed by atoms with E-state index in [1.54, 1.807) is 12.1 Å². The van der Waals surface area contributed by atoms with Gasteiger partial charge >= 0.3 is 5.97 Å². The van der Waals surface area contributed by atoms with E-state index in [1.165, 1.54) is 0 Å². The summed E-state index contributed by atoms with van der Waals surface area (Å²) < 4.78 is 0. The largest absolute Gasteiger partial charge is 0.481 e. The Morgan fingerprint density at radius 3 is 2.59 bits per heavy atom. The minimum absolute atomic E-state index is 0.339. The van der Waals surface area contributed by atoms with Gasteiger partial charge < -0.3 is 10.4 Å². The molecule has 1 aromatic carbocycles. The molecule has 4 heteroatoms. The molecule has 0 radical (unpaired) electrons. The summed E-state index contributed by atoms with van der Waals surface area (Å²) in [4.78, 5) is 10.8. The fraction of sp³-hybridized carbons (Fsp3) is 0.385. The number of hydrogen-bond acceptors (Lipinski definition) is 3. The Bertz CT molecular complexity index is 406. The second-order valence-electron chi connectivity index (χ2n) is 3.88. The molecule has 90 valence electrons. The Labute approximate surface area is 101 Å². The Morgan fingerprint density at radius 1 is 1.47 bits per heavy atom. The number of carboxylic acid groups (broad SMARTS) is 1. The lowest BCUT2D eigenvalue weighted by Gasteiger charge is -2.10. The van der Waals surface area contributed by atoms with Crippen molar-refractivity contribution >= 4 is 5.97 Å². The number of nitriles is 1. The summed E-state index contributed by atoms with van der Waals surface area (Å²) in [6.07, 6.45) is 0.621. The van der Waals surface area contributed by atoms with Gasteiger partial charge in [0.1, 0.15) is 0 Å². The van der Waals surface area contributed by atoms with Crippen LogP contribution >= 0.6 is 0 Å². The van der Waals surface area contributed by atoms with Crippen molar-refractivity contribution in [3.05, 3.63) is 35.4 Å². The molecule has 0 aliphatic heterocycles. The molecule has 0 bridgehead atoms. The zero-order valence-corrected chi connectivity index (χ0v) is 9.81. The van der Waals surface area contributed by atoms with Gasteiger partial charge in [0.25, 0.3) is 0 Å². The Balaban J connectivity index is 2.40. The number of rotatable bonds is 6. The maximum atomic E-state index is 10.8. The van der Waals surface area contributed by atoms with Gasteiger partial charge in [0.2, 0.25) is 0 Å². The van der Waals surface area contributed by atoms with Crippen LogP contribution < -0.4 is 5.32 Å². The summed E-state index contributed by atoms with van der Waals surface area (Å²) in [5.41, 5.74) is 1.68. The third-order valence-electron chi connectivity index (χ3n) is 2.64. The van der Waals surface area contributed by atoms with Gasteiger partial charge in [-0.3, -0.25) is 4.79 Å². The highest BCUT2D eigenvalue weighted by atomic mass is 16.4. The second kappa shape index (κ2) is 6.66. The monoisotopic (exact) mass is 232 g/mol. The van der Waals surface area contributed by atoms with Gasteiger partial charge in [0.05, 0.1) is 17.6 Å². The van der Waals surface area contributed by atoms with Gasteiger partial charge in [-0.25, -0.2) is 0 Å². The van der Waals surface area contributed by atoms with E-state index in [4.69, 9.17) is 10.4 Å². The van der Waals surface area contributed by atoms with E-state index >= 15 is 0 Å². The highest BCUT2D eigenvalue weighted by Gasteiger charge is 2.13. The Kier molecular flexibility index (Phi) is 5.18. The third kappa shape index (κ3) is 4.25. The molecule has 2 N–H and O–H groups in total. The number of nitrogens with one attached hydrogen (secondary N) is 1. The van der Waals surface area contributed by atoms with E-state index in [-0.39, 0.29) is 5.92 Å². The van der Waals surface area contributed by atoms with E-state index in [0.29, 0.717) is 25.1 Å². The van der Waals surface area contributed by atoms with Crippen LogP contribution in [-0.2, 0) is 11.3 Å². The molecule has 17 heavy (non-hydrogen) atoms. The fourth-order valence-corrected chi connectivity index (χ4v) is 1.49. The van der Waals surface area contributed by atoms with Crippen LogP contribution in [0.4, 0.5) is 0 Å². The molecule has 1 rings (SSSR count). The van der Waals surface area contributed by atoms with E-state index < -0.39 is 5.97 Å². The predicted molar refractivity (Wildman–Crippen MR) is 64.3 cm³/mol. The van der Waals surface area contributed by atoms with E-state index in [1.807, 2.05) is 19.1 Å². The first-order chi connectivity index (χ1) is 8.17. The lowest BCUT2D eigenvalue weighted by atomic mass is 10.1. The minimum atomic E-state index is -0.764. The Morgan fingerprint density at radius 2 is 2.12 bits per heavy atom. The van der Waals surface area contributed by atoms with Crippen molar-refractivity contribution in [3.63, 3.8) is 0 Å². The summed E-state index contributed by atoms with van der Waals surface area (Å²) >= 11 is 0. The van der Waals surface area contributed by atoms with Crippen molar-refractivity contribution in [1.82, 2.24) is 5.32 Å². The molecule has 0 aliphatic rings. The number of carbonyl (C=O) groups is 1. The quantitative estimate of drug-likeness (QED) is 0.783. The van der Waals surface area contributed by atoms with Crippen molar-refractivity contribution < 1.29 is 9.90 Å². The molecule has 0 saturated carbocycles. The molecule has 0 aromatic heterocycles. The first kappa shape index (κ1) is 13.2. The number of benzene rings is 1. The standard InChI is InChI=1S/C13H16N2O2/c1-2-12(13(16)17)9-15-8-11-5-3-10(7-14)4-6-11/h3-6,12,15H,2,8-9H2,1H3,(H,16,17). The molecule has 1 aromatic rings. The van der Waals surface area contributed by atoms with Gasteiger partial charge in [-0.15, -0.1) is 0 Å². The van der Waals surface area contributed by atoms with Crippen molar-refractivity contribution in [2.75, 3.05) is 6.54 Å². The molecule has 0 amide bonds. The molecule has 0 spiro atoms. The summed E-state index contributed by atoms with van der Waals surface area (Å²) in [5.74, 6) is -1.10. The highest BCUT2D eigenvalue weighted by molar-refractivity contribution is 5.70. The average molecular weight is 232 g/mol. The van der Waals surface area contributed by atoms with Crippen LogP contribution in [0.15, 0.2) is 24.3 Å². The van der Waals surface area contributed by atoms with Crippen LogP contribution in [0.5, 0.6) is 0 Å². The molecular formula is C13H16N2O2. The zero-order chi connectivity index (χ0) is 12.7. The molecule has 0 fully saturated rings. The summed E-state index contributed by atoms with van der Waals surface area (Å²) in [7, 11) is 0. The fourth-order valence-electron chi connectivity index (χ4n) is 1.49. The summed E-state index contributed by atoms with van der Waals surface area (Å²) in [6, 6.07) is 9.30. The van der Waals surface area contributed by atoms with E-state index in [9.17, 15) is 4.79 Å². The number of nitrogens with zero attached hydrogens (tertiary/aromatic N) is 1. The van der Waals surface area contributed by atoms with Crippen LogP contribution in [0.3, 0.4) is 0 Å². The maximum absolute atomic E-state index is 10.8. The number of aliphatic carboxylic acids is 1. The van der Waals surface area contributed by atoms with Crippen molar-refractivity contribution in [2.24, 2.45) is 5.92 Å². The topological polar surface area (TPSA) is 73.1 Å². The van der Waals surface area contributed by atoms with Crippen LogP contribution in [0.25, 0.3) is 0 Å². The van der Waals surface area contributed by atoms with Crippen LogP contribution in [-0.4, -0.2) is 17.6 Å². The summed E-state index contributed by atoms with van der Waals surface area (Å²) in [5, 5.41) is 20.6. The third-order valence-corrected chi connectivity index (χ3v) is 2.64. The first-order valence-electron chi connectivity index (χ1n) is 5.60. The smallest absolute Gasteiger partial charge is 0.307 e. The summed E-state index contributed by atoms with van der Waals surface area (Å²) in [6.45, 7) is 2.95. The van der Waals surface area contributed by atoms with Crippen molar-refractivity contribution in [1.29, 1.82) is 5.26 Å². The molecule has 1 unspecified atom stereocenters. The number of hydrogen-bond donors (Lipinski definition) is 2. The molecule has 4 nitrogen and oxygen atoms in total. The average Bonchev–Trinajstić information content (AvgIpc) is 2.35. The molecule has 1 atom stereocenters. The first-order valence-corrected chi connectivity index (χ1v) is 5.60. The SMILES string of the molecule is CCC(CNCc1ccc(C#N)cc1)C(=O)O. The van der Waals surface area contributed by atoms with E-state index in [2.05, 4.69) is 11.4 Å². The van der Waals surface area contributed by atoms with Crippen molar-refractivity contribution in [3.8, 4) is 6.07 Å². The lowest BCUT2D eigenvalue weighted by Crippen LogP contribution is -2.27. The maximum Gasteiger partial charge on any atom is 0.307 e.